The molecule has 0 spiro atoms. The van der Waals surface area contributed by atoms with E-state index in [-0.39, 0.29) is 11.7 Å². The molecule has 4 nitrogen and oxygen atoms in total. The standard InChI is InChI=1S/C14H19NO3/c1-11(16)9-12-3-5-13(6-4-12)10-14(17)15-7-8-18-2/h3-6H,7-10H2,1-2H3,(H,15,17). The lowest BCUT2D eigenvalue weighted by Gasteiger charge is -2.05. The maximum Gasteiger partial charge on any atom is 0.224 e. The maximum absolute atomic E-state index is 11.5. The molecule has 0 bridgehead atoms. The monoisotopic (exact) mass is 249 g/mol. The third-order valence-corrected chi connectivity index (χ3v) is 2.47. The summed E-state index contributed by atoms with van der Waals surface area (Å²) in [4.78, 5) is 22.5. The zero-order chi connectivity index (χ0) is 13.4. The van der Waals surface area contributed by atoms with E-state index in [0.717, 1.165) is 11.1 Å². The van der Waals surface area contributed by atoms with E-state index in [2.05, 4.69) is 5.32 Å². The van der Waals surface area contributed by atoms with Gasteiger partial charge in [0.05, 0.1) is 13.0 Å². The molecule has 1 rings (SSSR count). The Morgan fingerprint density at radius 1 is 1.11 bits per heavy atom. The number of rotatable bonds is 7. The number of hydrogen-bond donors (Lipinski definition) is 1. The van der Waals surface area contributed by atoms with Crippen molar-refractivity contribution < 1.29 is 14.3 Å². The largest absolute Gasteiger partial charge is 0.383 e. The quantitative estimate of drug-likeness (QED) is 0.737. The van der Waals surface area contributed by atoms with Crippen molar-refractivity contribution in [3.63, 3.8) is 0 Å². The molecule has 1 aromatic carbocycles. The van der Waals surface area contributed by atoms with E-state index in [0.29, 0.717) is 26.0 Å². The van der Waals surface area contributed by atoms with E-state index in [1.165, 1.54) is 0 Å². The third kappa shape index (κ3) is 5.59. The van der Waals surface area contributed by atoms with E-state index in [1.54, 1.807) is 14.0 Å². The van der Waals surface area contributed by atoms with Gasteiger partial charge >= 0.3 is 0 Å². The smallest absolute Gasteiger partial charge is 0.224 e. The second-order valence-electron chi connectivity index (χ2n) is 4.21. The van der Waals surface area contributed by atoms with Crippen LogP contribution in [-0.2, 0) is 27.2 Å². The molecule has 0 aromatic heterocycles. The van der Waals surface area contributed by atoms with Gasteiger partial charge in [-0.1, -0.05) is 24.3 Å². The minimum Gasteiger partial charge on any atom is -0.383 e. The van der Waals surface area contributed by atoms with Crippen molar-refractivity contribution >= 4 is 11.7 Å². The Morgan fingerprint density at radius 2 is 1.67 bits per heavy atom. The van der Waals surface area contributed by atoms with Gasteiger partial charge in [0.1, 0.15) is 5.78 Å². The number of nitrogens with one attached hydrogen (secondary N) is 1. The highest BCUT2D eigenvalue weighted by Crippen LogP contribution is 2.06. The Bertz CT molecular complexity index is 398. The summed E-state index contributed by atoms with van der Waals surface area (Å²) in [5.41, 5.74) is 1.92. The Balaban J connectivity index is 2.43. The highest BCUT2D eigenvalue weighted by atomic mass is 16.5. The van der Waals surface area contributed by atoms with E-state index in [4.69, 9.17) is 4.74 Å². The Labute approximate surface area is 107 Å². The van der Waals surface area contributed by atoms with Crippen molar-refractivity contribution in [1.29, 1.82) is 0 Å². The Kier molecular flexibility index (Phi) is 6.08. The molecule has 0 fully saturated rings. The fourth-order valence-electron chi connectivity index (χ4n) is 1.60. The molecule has 1 N–H and O–H groups in total. The van der Waals surface area contributed by atoms with E-state index in [1.807, 2.05) is 24.3 Å². The molecule has 0 unspecified atom stereocenters. The number of hydrogen-bond acceptors (Lipinski definition) is 3. The second kappa shape index (κ2) is 7.61. The van der Waals surface area contributed by atoms with Gasteiger partial charge in [-0.2, -0.15) is 0 Å². The number of ether oxygens (including phenoxy) is 1. The summed E-state index contributed by atoms with van der Waals surface area (Å²) in [6, 6.07) is 7.54. The van der Waals surface area contributed by atoms with Gasteiger partial charge in [0.15, 0.2) is 0 Å². The summed E-state index contributed by atoms with van der Waals surface area (Å²) >= 11 is 0. The third-order valence-electron chi connectivity index (χ3n) is 2.47. The summed E-state index contributed by atoms with van der Waals surface area (Å²) in [6.07, 6.45) is 0.796. The van der Waals surface area contributed by atoms with Gasteiger partial charge in [0.25, 0.3) is 0 Å². The van der Waals surface area contributed by atoms with Crippen molar-refractivity contribution in [1.82, 2.24) is 5.32 Å². The SMILES string of the molecule is COCCNC(=O)Cc1ccc(CC(C)=O)cc1. The molecule has 0 aliphatic rings. The number of carbonyl (C=O) groups excluding carboxylic acids is 2. The van der Waals surface area contributed by atoms with E-state index >= 15 is 0 Å². The Hall–Kier alpha value is -1.68. The molecule has 0 saturated carbocycles. The average Bonchev–Trinajstić information content (AvgIpc) is 2.31. The van der Waals surface area contributed by atoms with Crippen LogP contribution in [0.4, 0.5) is 0 Å². The normalized spacial score (nSPS) is 10.1. The van der Waals surface area contributed by atoms with Gasteiger partial charge in [0.2, 0.25) is 5.91 Å². The zero-order valence-corrected chi connectivity index (χ0v) is 10.9. The lowest BCUT2D eigenvalue weighted by Crippen LogP contribution is -2.28. The topological polar surface area (TPSA) is 55.4 Å². The maximum atomic E-state index is 11.5. The van der Waals surface area contributed by atoms with Gasteiger partial charge in [-0.3, -0.25) is 9.59 Å². The summed E-state index contributed by atoms with van der Waals surface area (Å²) in [6.45, 7) is 2.61. The predicted molar refractivity (Wildman–Crippen MR) is 69.4 cm³/mol. The van der Waals surface area contributed by atoms with E-state index in [9.17, 15) is 9.59 Å². The molecule has 0 aliphatic heterocycles. The summed E-state index contributed by atoms with van der Waals surface area (Å²) in [7, 11) is 1.60. The van der Waals surface area contributed by atoms with Crippen LogP contribution in [0.25, 0.3) is 0 Å². The molecule has 0 heterocycles. The van der Waals surface area contributed by atoms with Gasteiger partial charge in [0, 0.05) is 20.1 Å². The highest BCUT2D eigenvalue weighted by Gasteiger charge is 2.03. The molecule has 98 valence electrons. The van der Waals surface area contributed by atoms with Crippen LogP contribution in [-0.4, -0.2) is 32.0 Å². The number of Topliss-reactive ketones (excluding diaryl/α,β-unsaturated/α-hetero) is 1. The number of ketones is 1. The fourth-order valence-corrected chi connectivity index (χ4v) is 1.60. The molecular weight excluding hydrogens is 230 g/mol. The zero-order valence-electron chi connectivity index (χ0n) is 10.9. The van der Waals surface area contributed by atoms with Crippen LogP contribution < -0.4 is 5.32 Å². The van der Waals surface area contributed by atoms with Crippen LogP contribution in [0.5, 0.6) is 0 Å². The van der Waals surface area contributed by atoms with E-state index < -0.39 is 0 Å². The minimum atomic E-state index is -0.0219. The molecule has 0 saturated heterocycles. The van der Waals surface area contributed by atoms with Crippen molar-refractivity contribution in [2.75, 3.05) is 20.3 Å². The van der Waals surface area contributed by atoms with Gasteiger partial charge in [-0.15, -0.1) is 0 Å². The number of methoxy groups -OCH3 is 1. The number of carbonyl (C=O) groups is 2. The molecule has 18 heavy (non-hydrogen) atoms. The second-order valence-corrected chi connectivity index (χ2v) is 4.21. The molecule has 0 radical (unpaired) electrons. The molecule has 0 atom stereocenters. The van der Waals surface area contributed by atoms with Crippen LogP contribution in [0.2, 0.25) is 0 Å². The van der Waals surface area contributed by atoms with Crippen LogP contribution >= 0.6 is 0 Å². The van der Waals surface area contributed by atoms with Gasteiger partial charge in [-0.05, 0) is 18.1 Å². The molecule has 1 aromatic rings. The van der Waals surface area contributed by atoms with Crippen LogP contribution in [0.1, 0.15) is 18.1 Å². The van der Waals surface area contributed by atoms with Crippen LogP contribution in [0.15, 0.2) is 24.3 Å². The number of amides is 1. The first kappa shape index (κ1) is 14.4. The molecule has 0 aliphatic carbocycles. The first-order chi connectivity index (χ1) is 8.61. The lowest BCUT2D eigenvalue weighted by atomic mass is 10.1. The summed E-state index contributed by atoms with van der Waals surface area (Å²) in [5, 5.41) is 2.76. The first-order valence-corrected chi connectivity index (χ1v) is 5.94. The lowest BCUT2D eigenvalue weighted by molar-refractivity contribution is -0.120. The molecular formula is C14H19NO3. The molecule has 4 heteroatoms. The fraction of sp³-hybridized carbons (Fsp3) is 0.429. The highest BCUT2D eigenvalue weighted by molar-refractivity contribution is 5.79. The Morgan fingerprint density at radius 3 is 2.17 bits per heavy atom. The summed E-state index contributed by atoms with van der Waals surface area (Å²) < 4.78 is 4.85. The van der Waals surface area contributed by atoms with Gasteiger partial charge < -0.3 is 10.1 Å². The van der Waals surface area contributed by atoms with Crippen molar-refractivity contribution in [2.45, 2.75) is 19.8 Å². The molecule has 1 amide bonds. The predicted octanol–water partition coefficient (Wildman–Crippen LogP) is 1.12. The summed E-state index contributed by atoms with van der Waals surface area (Å²) in [5.74, 6) is 0.117. The van der Waals surface area contributed by atoms with Crippen molar-refractivity contribution in [3.8, 4) is 0 Å². The van der Waals surface area contributed by atoms with Gasteiger partial charge in [-0.25, -0.2) is 0 Å². The van der Waals surface area contributed by atoms with Crippen molar-refractivity contribution in [2.24, 2.45) is 0 Å². The van der Waals surface area contributed by atoms with Crippen molar-refractivity contribution in [3.05, 3.63) is 35.4 Å². The first-order valence-electron chi connectivity index (χ1n) is 5.94. The minimum absolute atomic E-state index is 0.0219. The average molecular weight is 249 g/mol. The van der Waals surface area contributed by atoms with Crippen LogP contribution in [0, 0.1) is 0 Å². The number of benzene rings is 1. The van der Waals surface area contributed by atoms with Crippen LogP contribution in [0.3, 0.4) is 0 Å².